The number of aromatic nitrogens is 3. The molecule has 4 heteroatoms. The van der Waals surface area contributed by atoms with E-state index >= 15 is 0 Å². The molecule has 0 N–H and O–H groups in total. The third kappa shape index (κ3) is 2.38. The summed E-state index contributed by atoms with van der Waals surface area (Å²) in [6, 6.07) is 28.1. The number of fused-ring (bicyclic) bond motifs is 6. The van der Waals surface area contributed by atoms with Gasteiger partial charge in [-0.25, -0.2) is 0 Å². The van der Waals surface area contributed by atoms with Crippen LogP contribution in [0.5, 0.6) is 0 Å². The Labute approximate surface area is 185 Å². The zero-order valence-corrected chi connectivity index (χ0v) is 17.4. The number of pyridine rings is 1. The van der Waals surface area contributed by atoms with Gasteiger partial charge in [-0.2, -0.15) is 0 Å². The second-order valence-electron chi connectivity index (χ2n) is 8.27. The summed E-state index contributed by atoms with van der Waals surface area (Å²) in [7, 11) is 0. The molecule has 6 aromatic rings. The minimum absolute atomic E-state index is 0.857. The minimum Gasteiger partial charge on any atom is -0.308 e. The molecule has 152 valence electrons. The summed E-state index contributed by atoms with van der Waals surface area (Å²) in [6.07, 6.45) is 6.85. The van der Waals surface area contributed by atoms with E-state index in [4.69, 9.17) is 0 Å². The molecule has 1 aliphatic rings. The number of para-hydroxylation sites is 2. The fraction of sp³-hybridized carbons (Fsp3) is 0.0714. The Morgan fingerprint density at radius 3 is 2.25 bits per heavy atom. The first-order valence-electron chi connectivity index (χ1n) is 11.0. The molecule has 0 radical (unpaired) electrons. The molecule has 1 aliphatic heterocycles. The van der Waals surface area contributed by atoms with Crippen molar-refractivity contribution in [3.63, 3.8) is 0 Å². The average Bonchev–Trinajstić information content (AvgIpc) is 3.37. The maximum absolute atomic E-state index is 4.59. The van der Waals surface area contributed by atoms with Crippen molar-refractivity contribution in [3.05, 3.63) is 103 Å². The molecule has 0 fully saturated rings. The fourth-order valence-electron chi connectivity index (χ4n) is 5.20. The van der Waals surface area contributed by atoms with Crippen LogP contribution in [0.3, 0.4) is 0 Å². The molecule has 3 aromatic heterocycles. The van der Waals surface area contributed by atoms with E-state index in [2.05, 4.69) is 98.0 Å². The van der Waals surface area contributed by atoms with Crippen LogP contribution in [0.1, 0.15) is 11.3 Å². The van der Waals surface area contributed by atoms with Gasteiger partial charge in [-0.3, -0.25) is 9.98 Å². The van der Waals surface area contributed by atoms with Gasteiger partial charge in [0, 0.05) is 46.5 Å². The molecule has 0 amide bonds. The fourth-order valence-corrected chi connectivity index (χ4v) is 5.20. The Kier molecular flexibility index (Phi) is 3.64. The lowest BCUT2D eigenvalue weighted by molar-refractivity contribution is 0.939. The number of hydrogen-bond donors (Lipinski definition) is 0. The first-order valence-corrected chi connectivity index (χ1v) is 11.0. The summed E-state index contributed by atoms with van der Waals surface area (Å²) in [5, 5.41) is 3.78. The van der Waals surface area contributed by atoms with Gasteiger partial charge in [-0.15, -0.1) is 0 Å². The highest BCUT2D eigenvalue weighted by atomic mass is 15.0. The van der Waals surface area contributed by atoms with Crippen LogP contribution >= 0.6 is 0 Å². The van der Waals surface area contributed by atoms with Crippen molar-refractivity contribution in [1.82, 2.24) is 14.1 Å². The van der Waals surface area contributed by atoms with Gasteiger partial charge in [0.25, 0.3) is 0 Å². The van der Waals surface area contributed by atoms with Crippen molar-refractivity contribution in [2.45, 2.75) is 6.42 Å². The summed E-state index contributed by atoms with van der Waals surface area (Å²) in [5.41, 5.74) is 8.39. The zero-order valence-electron chi connectivity index (χ0n) is 17.4. The van der Waals surface area contributed by atoms with E-state index in [1.54, 1.807) is 0 Å². The van der Waals surface area contributed by atoms with Crippen molar-refractivity contribution in [3.8, 4) is 11.4 Å². The molecule has 32 heavy (non-hydrogen) atoms. The standard InChI is InChI=1S/C28H20N4/c1-3-10-25-21(8-1)23-12-14-29-17-27(23)31(25)19-6-5-7-20(16-19)32-26-11-4-2-9-22(26)24-13-15-30-18-28(24)32/h1-12,14,16-18H,13,15H2. The highest BCUT2D eigenvalue weighted by molar-refractivity contribution is 6.09. The summed E-state index contributed by atoms with van der Waals surface area (Å²) in [5.74, 6) is 0. The van der Waals surface area contributed by atoms with Gasteiger partial charge in [-0.05, 0) is 48.4 Å². The normalized spacial score (nSPS) is 13.2. The van der Waals surface area contributed by atoms with Crippen molar-refractivity contribution >= 4 is 38.9 Å². The highest BCUT2D eigenvalue weighted by Crippen LogP contribution is 2.34. The Morgan fingerprint density at radius 2 is 1.38 bits per heavy atom. The lowest BCUT2D eigenvalue weighted by Gasteiger charge is -2.14. The molecule has 0 saturated carbocycles. The van der Waals surface area contributed by atoms with E-state index in [9.17, 15) is 0 Å². The molecule has 0 saturated heterocycles. The van der Waals surface area contributed by atoms with Crippen LogP contribution in [0, 0.1) is 0 Å². The third-order valence-corrected chi connectivity index (χ3v) is 6.55. The van der Waals surface area contributed by atoms with E-state index in [-0.39, 0.29) is 0 Å². The summed E-state index contributed by atoms with van der Waals surface area (Å²) in [4.78, 5) is 9.02. The zero-order chi connectivity index (χ0) is 21.1. The molecular formula is C28H20N4. The van der Waals surface area contributed by atoms with Crippen molar-refractivity contribution in [1.29, 1.82) is 0 Å². The number of nitrogens with zero attached hydrogens (tertiary/aromatic N) is 4. The first kappa shape index (κ1) is 17.5. The second kappa shape index (κ2) is 6.66. The van der Waals surface area contributed by atoms with E-state index in [0.29, 0.717) is 0 Å². The number of aliphatic imine (C=N–C) groups is 1. The van der Waals surface area contributed by atoms with E-state index in [0.717, 1.165) is 29.9 Å². The van der Waals surface area contributed by atoms with E-state index in [1.165, 1.54) is 38.4 Å². The summed E-state index contributed by atoms with van der Waals surface area (Å²) < 4.78 is 4.66. The van der Waals surface area contributed by atoms with Crippen LogP contribution in [-0.4, -0.2) is 26.9 Å². The van der Waals surface area contributed by atoms with Gasteiger partial charge in [0.1, 0.15) is 0 Å². The molecule has 7 rings (SSSR count). The number of benzene rings is 3. The van der Waals surface area contributed by atoms with Crippen molar-refractivity contribution < 1.29 is 0 Å². The SMILES string of the molecule is C1=NCCc2c1n(-c1cccc(-n3c4ccccc4c4ccncc43)c1)c1ccccc21. The Balaban J connectivity index is 1.53. The molecule has 4 heterocycles. The molecular weight excluding hydrogens is 392 g/mol. The third-order valence-electron chi connectivity index (χ3n) is 6.55. The first-order chi connectivity index (χ1) is 15.9. The van der Waals surface area contributed by atoms with Gasteiger partial charge in [0.15, 0.2) is 0 Å². The average molecular weight is 412 g/mol. The molecule has 3 aromatic carbocycles. The van der Waals surface area contributed by atoms with Crippen LogP contribution in [0.15, 0.2) is 96.2 Å². The van der Waals surface area contributed by atoms with Gasteiger partial charge in [-0.1, -0.05) is 42.5 Å². The van der Waals surface area contributed by atoms with Crippen LogP contribution < -0.4 is 0 Å². The molecule has 0 spiro atoms. The molecule has 4 nitrogen and oxygen atoms in total. The van der Waals surface area contributed by atoms with Gasteiger partial charge >= 0.3 is 0 Å². The second-order valence-corrected chi connectivity index (χ2v) is 8.27. The maximum Gasteiger partial charge on any atom is 0.0724 e. The van der Waals surface area contributed by atoms with Gasteiger partial charge in [0.05, 0.1) is 28.4 Å². The van der Waals surface area contributed by atoms with E-state index < -0.39 is 0 Å². The maximum atomic E-state index is 4.59. The van der Waals surface area contributed by atoms with Gasteiger partial charge in [0.2, 0.25) is 0 Å². The van der Waals surface area contributed by atoms with Crippen molar-refractivity contribution in [2.24, 2.45) is 4.99 Å². The molecule has 0 bridgehead atoms. The Morgan fingerprint density at radius 1 is 0.656 bits per heavy atom. The van der Waals surface area contributed by atoms with Crippen LogP contribution in [0.25, 0.3) is 44.1 Å². The minimum atomic E-state index is 0.857. The van der Waals surface area contributed by atoms with Crippen LogP contribution in [0.4, 0.5) is 0 Å². The number of rotatable bonds is 2. The topological polar surface area (TPSA) is 35.1 Å². The highest BCUT2D eigenvalue weighted by Gasteiger charge is 2.19. The quantitative estimate of drug-likeness (QED) is 0.339. The van der Waals surface area contributed by atoms with Crippen LogP contribution in [0.2, 0.25) is 0 Å². The number of hydrogen-bond acceptors (Lipinski definition) is 2. The van der Waals surface area contributed by atoms with E-state index in [1.807, 2.05) is 18.6 Å². The molecule has 0 aliphatic carbocycles. The monoisotopic (exact) mass is 412 g/mol. The predicted molar refractivity (Wildman–Crippen MR) is 132 cm³/mol. The van der Waals surface area contributed by atoms with Gasteiger partial charge < -0.3 is 9.13 Å². The lowest BCUT2D eigenvalue weighted by Crippen LogP contribution is -2.07. The molecule has 0 atom stereocenters. The molecule has 0 unspecified atom stereocenters. The summed E-state index contributed by atoms with van der Waals surface area (Å²) in [6.45, 7) is 0.857. The Hall–Kier alpha value is -4.18. The van der Waals surface area contributed by atoms with Crippen LogP contribution in [-0.2, 0) is 6.42 Å². The smallest absolute Gasteiger partial charge is 0.0724 e. The Bertz CT molecular complexity index is 1630. The lowest BCUT2D eigenvalue weighted by atomic mass is 10.1. The predicted octanol–water partition coefficient (Wildman–Crippen LogP) is 6.10. The largest absolute Gasteiger partial charge is 0.308 e. The summed E-state index contributed by atoms with van der Waals surface area (Å²) >= 11 is 0. The van der Waals surface area contributed by atoms with Crippen molar-refractivity contribution in [2.75, 3.05) is 6.54 Å².